The summed E-state index contributed by atoms with van der Waals surface area (Å²) in [5.41, 5.74) is 1.31. The predicted molar refractivity (Wildman–Crippen MR) is 114 cm³/mol. The van der Waals surface area contributed by atoms with E-state index in [0.29, 0.717) is 11.3 Å². The molecule has 0 spiro atoms. The van der Waals surface area contributed by atoms with E-state index in [1.165, 1.54) is 12.1 Å². The van der Waals surface area contributed by atoms with Gasteiger partial charge in [0.15, 0.2) is 0 Å². The molecule has 9 heteroatoms. The average Bonchev–Trinajstić information content (AvgIpc) is 3.13. The van der Waals surface area contributed by atoms with Gasteiger partial charge in [0, 0.05) is 35.8 Å². The molecular formula is C22H21F3N2O3S. The number of ether oxygens (including phenoxy) is 1. The smallest absolute Gasteiger partial charge is 0.384 e. The number of carbonyl (C=O) groups excluding carboxylic acids is 2. The summed E-state index contributed by atoms with van der Waals surface area (Å²) in [5.74, 6) is -0.320. The molecule has 1 atom stereocenters. The summed E-state index contributed by atoms with van der Waals surface area (Å²) in [6, 6.07) is 11.5. The Bertz CT molecular complexity index is 1070. The number of carbonyl (C=O) groups is 2. The van der Waals surface area contributed by atoms with E-state index in [-0.39, 0.29) is 13.0 Å². The maximum atomic E-state index is 13.0. The number of H-pyrrole nitrogens is 1. The molecule has 2 N–H and O–H groups in total. The lowest BCUT2D eigenvalue weighted by molar-refractivity contribution is -0.139. The van der Waals surface area contributed by atoms with Gasteiger partial charge in [-0.3, -0.25) is 5.32 Å². The maximum Gasteiger partial charge on any atom is 0.416 e. The van der Waals surface area contributed by atoms with Crippen molar-refractivity contribution in [2.75, 3.05) is 5.75 Å². The molecule has 0 aliphatic heterocycles. The summed E-state index contributed by atoms with van der Waals surface area (Å²) in [5, 5.41) is 3.15. The Hall–Kier alpha value is -2.78. The molecule has 3 rings (SSSR count). The van der Waals surface area contributed by atoms with Crippen LogP contribution >= 0.6 is 11.8 Å². The van der Waals surface area contributed by atoms with Gasteiger partial charge in [-0.2, -0.15) is 13.2 Å². The Labute approximate surface area is 181 Å². The lowest BCUT2D eigenvalue weighted by atomic mass is 10.0. The molecule has 164 valence electrons. The Morgan fingerprint density at radius 2 is 1.94 bits per heavy atom. The van der Waals surface area contributed by atoms with Gasteiger partial charge in [-0.25, -0.2) is 9.59 Å². The Kier molecular flexibility index (Phi) is 7.40. The molecule has 0 unspecified atom stereocenters. The standard InChI is InChI=1S/C22H21F3N2O3S/c1-2-31-21(29)30-20(28)19(11-15-13-27-18-9-4-3-8-17(15)18)26-12-14-6-5-7-16(10-14)22(23,24)25/h3-10,13,19,26-27H,2,11-12H2,1H3/t19-/m0/s1. The maximum absolute atomic E-state index is 13.0. The number of aromatic nitrogens is 1. The lowest BCUT2D eigenvalue weighted by Crippen LogP contribution is -2.40. The third-order valence-corrected chi connectivity index (χ3v) is 5.24. The molecule has 0 bridgehead atoms. The van der Waals surface area contributed by atoms with Gasteiger partial charge in [0.25, 0.3) is 0 Å². The molecule has 1 aromatic heterocycles. The molecule has 0 fully saturated rings. The summed E-state index contributed by atoms with van der Waals surface area (Å²) in [6.45, 7) is 1.76. The van der Waals surface area contributed by atoms with Crippen LogP contribution in [-0.4, -0.2) is 28.0 Å². The van der Waals surface area contributed by atoms with Crippen LogP contribution in [0.2, 0.25) is 0 Å². The van der Waals surface area contributed by atoms with Crippen molar-refractivity contribution in [1.82, 2.24) is 10.3 Å². The van der Waals surface area contributed by atoms with E-state index in [2.05, 4.69) is 10.3 Å². The molecule has 0 amide bonds. The van der Waals surface area contributed by atoms with Gasteiger partial charge in [0.1, 0.15) is 6.04 Å². The van der Waals surface area contributed by atoms with E-state index in [4.69, 9.17) is 4.74 Å². The van der Waals surface area contributed by atoms with Gasteiger partial charge in [-0.05, 0) is 35.0 Å². The molecule has 0 radical (unpaired) electrons. The Morgan fingerprint density at radius 1 is 1.16 bits per heavy atom. The van der Waals surface area contributed by atoms with E-state index >= 15 is 0 Å². The van der Waals surface area contributed by atoms with Crippen LogP contribution in [0.5, 0.6) is 0 Å². The van der Waals surface area contributed by atoms with Crippen LogP contribution in [0.1, 0.15) is 23.6 Å². The lowest BCUT2D eigenvalue weighted by Gasteiger charge is -2.17. The fourth-order valence-electron chi connectivity index (χ4n) is 3.16. The third kappa shape index (κ3) is 6.11. The zero-order chi connectivity index (χ0) is 22.4. The second-order valence-electron chi connectivity index (χ2n) is 6.80. The number of halogens is 3. The second kappa shape index (κ2) is 10.0. The first-order valence-corrected chi connectivity index (χ1v) is 10.6. The number of hydrogen-bond acceptors (Lipinski definition) is 5. The normalized spacial score (nSPS) is 12.6. The van der Waals surface area contributed by atoms with Gasteiger partial charge in [0.2, 0.25) is 0 Å². The third-order valence-electron chi connectivity index (χ3n) is 4.64. The molecule has 1 heterocycles. The number of para-hydroxylation sites is 1. The zero-order valence-electron chi connectivity index (χ0n) is 16.7. The van der Waals surface area contributed by atoms with Gasteiger partial charge < -0.3 is 9.72 Å². The number of aromatic amines is 1. The topological polar surface area (TPSA) is 71.2 Å². The van der Waals surface area contributed by atoms with Gasteiger partial charge in [-0.1, -0.05) is 43.3 Å². The average molecular weight is 450 g/mol. The minimum absolute atomic E-state index is 0.00114. The summed E-state index contributed by atoms with van der Waals surface area (Å²) < 4.78 is 43.8. The molecule has 2 aromatic carbocycles. The fraction of sp³-hybridized carbons (Fsp3) is 0.273. The number of nitrogens with one attached hydrogen (secondary N) is 2. The van der Waals surface area contributed by atoms with E-state index in [1.807, 2.05) is 24.3 Å². The number of esters is 1. The second-order valence-corrected chi connectivity index (χ2v) is 8.00. The van der Waals surface area contributed by atoms with Crippen molar-refractivity contribution in [2.24, 2.45) is 0 Å². The number of fused-ring (bicyclic) bond motifs is 1. The van der Waals surface area contributed by atoms with Crippen molar-refractivity contribution >= 4 is 33.9 Å². The summed E-state index contributed by atoms with van der Waals surface area (Å²) in [4.78, 5) is 27.5. The van der Waals surface area contributed by atoms with Crippen LogP contribution < -0.4 is 5.32 Å². The molecule has 0 aliphatic rings. The van der Waals surface area contributed by atoms with Crippen molar-refractivity contribution in [3.05, 3.63) is 71.4 Å². The van der Waals surface area contributed by atoms with Crippen LogP contribution in [0.15, 0.2) is 54.7 Å². The van der Waals surface area contributed by atoms with Crippen LogP contribution in [0.4, 0.5) is 18.0 Å². The SMILES string of the molecule is CCSC(=O)OC(=O)[C@H](Cc1c[nH]c2ccccc12)NCc1cccc(C(F)(F)F)c1. The highest BCUT2D eigenvalue weighted by molar-refractivity contribution is 8.13. The molecule has 31 heavy (non-hydrogen) atoms. The van der Waals surface area contributed by atoms with Crippen LogP contribution in [0.25, 0.3) is 10.9 Å². The fourth-order valence-corrected chi connectivity index (χ4v) is 3.54. The first-order valence-electron chi connectivity index (χ1n) is 9.61. The monoisotopic (exact) mass is 450 g/mol. The van der Waals surface area contributed by atoms with Crippen LogP contribution in [0.3, 0.4) is 0 Å². The van der Waals surface area contributed by atoms with Crippen molar-refractivity contribution in [1.29, 1.82) is 0 Å². The first-order chi connectivity index (χ1) is 14.8. The summed E-state index contributed by atoms with van der Waals surface area (Å²) in [6.07, 6.45) is -2.49. The largest absolute Gasteiger partial charge is 0.416 e. The number of thioether (sulfide) groups is 1. The molecular weight excluding hydrogens is 429 g/mol. The number of benzene rings is 2. The molecule has 3 aromatic rings. The van der Waals surface area contributed by atoms with Crippen molar-refractivity contribution < 1.29 is 27.5 Å². The van der Waals surface area contributed by atoms with Crippen LogP contribution in [0, 0.1) is 0 Å². The van der Waals surface area contributed by atoms with E-state index in [1.54, 1.807) is 13.1 Å². The zero-order valence-corrected chi connectivity index (χ0v) is 17.5. The van der Waals surface area contributed by atoms with Crippen LogP contribution in [-0.2, 0) is 28.7 Å². The molecule has 0 aliphatic carbocycles. The number of hydrogen-bond donors (Lipinski definition) is 2. The van der Waals surface area contributed by atoms with E-state index in [9.17, 15) is 22.8 Å². The van der Waals surface area contributed by atoms with E-state index in [0.717, 1.165) is 40.4 Å². The van der Waals surface area contributed by atoms with Crippen molar-refractivity contribution in [2.45, 2.75) is 32.1 Å². The van der Waals surface area contributed by atoms with Gasteiger partial charge in [-0.15, -0.1) is 0 Å². The predicted octanol–water partition coefficient (Wildman–Crippen LogP) is 5.30. The molecule has 0 saturated carbocycles. The van der Waals surface area contributed by atoms with Crippen molar-refractivity contribution in [3.63, 3.8) is 0 Å². The highest BCUT2D eigenvalue weighted by atomic mass is 32.2. The highest BCUT2D eigenvalue weighted by Crippen LogP contribution is 2.29. The highest BCUT2D eigenvalue weighted by Gasteiger charge is 2.30. The van der Waals surface area contributed by atoms with Gasteiger partial charge in [0.05, 0.1) is 5.56 Å². The van der Waals surface area contributed by atoms with E-state index < -0.39 is 29.1 Å². The first kappa shape index (κ1) is 22.9. The molecule has 5 nitrogen and oxygen atoms in total. The summed E-state index contributed by atoms with van der Waals surface area (Å²) >= 11 is 0.866. The molecule has 0 saturated heterocycles. The minimum Gasteiger partial charge on any atom is -0.384 e. The quantitative estimate of drug-likeness (QED) is 0.377. The number of rotatable bonds is 7. The van der Waals surface area contributed by atoms with Gasteiger partial charge >= 0.3 is 17.4 Å². The summed E-state index contributed by atoms with van der Waals surface area (Å²) in [7, 11) is 0. The Balaban J connectivity index is 1.78. The van der Waals surface area contributed by atoms with Crippen molar-refractivity contribution in [3.8, 4) is 0 Å². The number of alkyl halides is 3. The Morgan fingerprint density at radius 3 is 2.68 bits per heavy atom. The minimum atomic E-state index is -4.46.